The maximum atomic E-state index is 12.0. The van der Waals surface area contributed by atoms with Crippen molar-refractivity contribution in [3.63, 3.8) is 0 Å². The van der Waals surface area contributed by atoms with E-state index in [1.807, 2.05) is 30.3 Å². The maximum absolute atomic E-state index is 12.0. The topological polar surface area (TPSA) is 29.1 Å². The van der Waals surface area contributed by atoms with Gasteiger partial charge in [0.2, 0.25) is 0 Å². The van der Waals surface area contributed by atoms with E-state index in [1.54, 1.807) is 0 Å². The van der Waals surface area contributed by atoms with Crippen molar-refractivity contribution in [1.29, 1.82) is 0 Å². The summed E-state index contributed by atoms with van der Waals surface area (Å²) in [4.78, 5) is 13.1. The van der Waals surface area contributed by atoms with Crippen LogP contribution in [0, 0.1) is 3.57 Å². The first-order valence-electron chi connectivity index (χ1n) is 5.04. The molecule has 0 atom stereocenters. The standard InChI is InChI=1S/C12H8BrClINOS/c13-7-1-3-10(15)9(5-7)12(17)16-6-8-2-4-11(14)18-8/h1-5H,6H2,(H,16,17). The van der Waals surface area contributed by atoms with Crippen LogP contribution in [0.1, 0.15) is 15.2 Å². The van der Waals surface area contributed by atoms with Crippen molar-refractivity contribution in [1.82, 2.24) is 5.32 Å². The van der Waals surface area contributed by atoms with Crippen molar-refractivity contribution in [3.8, 4) is 0 Å². The van der Waals surface area contributed by atoms with Crippen molar-refractivity contribution in [2.24, 2.45) is 0 Å². The van der Waals surface area contributed by atoms with Gasteiger partial charge in [0, 0.05) is 12.9 Å². The number of halogens is 3. The number of nitrogens with one attached hydrogen (secondary N) is 1. The lowest BCUT2D eigenvalue weighted by Gasteiger charge is -2.06. The molecule has 0 saturated heterocycles. The molecule has 0 spiro atoms. The highest BCUT2D eigenvalue weighted by Gasteiger charge is 2.10. The van der Waals surface area contributed by atoms with Crippen molar-refractivity contribution < 1.29 is 4.79 Å². The second kappa shape index (κ2) is 6.36. The maximum Gasteiger partial charge on any atom is 0.252 e. The molecule has 2 nitrogen and oxygen atoms in total. The SMILES string of the molecule is O=C(NCc1ccc(Cl)s1)c1cc(Br)ccc1I. The lowest BCUT2D eigenvalue weighted by atomic mass is 10.2. The number of thiophene rings is 1. The van der Waals surface area contributed by atoms with E-state index in [9.17, 15) is 4.79 Å². The molecule has 94 valence electrons. The molecule has 2 rings (SSSR count). The van der Waals surface area contributed by atoms with E-state index >= 15 is 0 Å². The van der Waals surface area contributed by atoms with Crippen molar-refractivity contribution in [2.45, 2.75) is 6.54 Å². The minimum Gasteiger partial charge on any atom is -0.347 e. The van der Waals surface area contributed by atoms with Gasteiger partial charge in [-0.25, -0.2) is 0 Å². The van der Waals surface area contributed by atoms with Crippen LogP contribution in [0.15, 0.2) is 34.8 Å². The fourth-order valence-corrected chi connectivity index (χ4v) is 3.35. The van der Waals surface area contributed by atoms with Crippen LogP contribution in [0.3, 0.4) is 0 Å². The van der Waals surface area contributed by atoms with Gasteiger partial charge in [-0.05, 0) is 52.9 Å². The Morgan fingerprint density at radius 3 is 2.83 bits per heavy atom. The molecular weight excluding hydrogens is 448 g/mol. The van der Waals surface area contributed by atoms with E-state index in [0.29, 0.717) is 12.1 Å². The summed E-state index contributed by atoms with van der Waals surface area (Å²) in [5.41, 5.74) is 0.674. The monoisotopic (exact) mass is 455 g/mol. The summed E-state index contributed by atoms with van der Waals surface area (Å²) in [7, 11) is 0. The smallest absolute Gasteiger partial charge is 0.252 e. The highest BCUT2D eigenvalue weighted by Crippen LogP contribution is 2.22. The Hall–Kier alpha value is -0.110. The first-order valence-corrected chi connectivity index (χ1v) is 8.10. The fraction of sp³-hybridized carbons (Fsp3) is 0.0833. The van der Waals surface area contributed by atoms with E-state index in [0.717, 1.165) is 17.3 Å². The van der Waals surface area contributed by atoms with Gasteiger partial charge in [-0.3, -0.25) is 4.79 Å². The zero-order chi connectivity index (χ0) is 13.1. The fourth-order valence-electron chi connectivity index (χ4n) is 1.38. The summed E-state index contributed by atoms with van der Waals surface area (Å²) in [6.45, 7) is 0.499. The summed E-state index contributed by atoms with van der Waals surface area (Å²) in [6.07, 6.45) is 0. The third-order valence-corrected chi connectivity index (χ3v) is 4.89. The first kappa shape index (κ1) is 14.3. The van der Waals surface area contributed by atoms with Crippen molar-refractivity contribution in [2.75, 3.05) is 0 Å². The predicted octanol–water partition coefficient (Wildman–Crippen LogP) is 4.70. The average molecular weight is 457 g/mol. The van der Waals surface area contributed by atoms with Crippen LogP contribution in [0.2, 0.25) is 4.34 Å². The predicted molar refractivity (Wildman–Crippen MR) is 87.4 cm³/mol. The summed E-state index contributed by atoms with van der Waals surface area (Å²) < 4.78 is 2.56. The minimum absolute atomic E-state index is 0.0785. The molecule has 1 heterocycles. The Labute approximate surface area is 136 Å². The number of hydrogen-bond donors (Lipinski definition) is 1. The quantitative estimate of drug-likeness (QED) is 0.667. The summed E-state index contributed by atoms with van der Waals surface area (Å²) in [5.74, 6) is -0.0785. The highest BCUT2D eigenvalue weighted by atomic mass is 127. The Balaban J connectivity index is 2.05. The Kier molecular flexibility index (Phi) is 5.06. The van der Waals surface area contributed by atoms with Gasteiger partial charge < -0.3 is 5.32 Å². The largest absolute Gasteiger partial charge is 0.347 e. The van der Waals surface area contributed by atoms with Gasteiger partial charge in [-0.2, -0.15) is 0 Å². The van der Waals surface area contributed by atoms with Gasteiger partial charge in [0.1, 0.15) is 0 Å². The minimum atomic E-state index is -0.0785. The number of hydrogen-bond acceptors (Lipinski definition) is 2. The van der Waals surface area contributed by atoms with E-state index in [-0.39, 0.29) is 5.91 Å². The Bertz CT molecular complexity index is 587. The van der Waals surface area contributed by atoms with Crippen LogP contribution in [-0.4, -0.2) is 5.91 Å². The van der Waals surface area contributed by atoms with Crippen LogP contribution >= 0.6 is 61.5 Å². The van der Waals surface area contributed by atoms with Gasteiger partial charge in [0.15, 0.2) is 0 Å². The third-order valence-electron chi connectivity index (χ3n) is 2.23. The molecule has 0 saturated carbocycles. The molecule has 0 unspecified atom stereocenters. The number of amides is 1. The number of carbonyl (C=O) groups is 1. The van der Waals surface area contributed by atoms with Crippen molar-refractivity contribution in [3.05, 3.63) is 53.2 Å². The normalized spacial score (nSPS) is 10.4. The van der Waals surface area contributed by atoms with Gasteiger partial charge >= 0.3 is 0 Å². The molecule has 1 amide bonds. The average Bonchev–Trinajstić information content (AvgIpc) is 2.75. The van der Waals surface area contributed by atoms with Gasteiger partial charge in [0.05, 0.1) is 16.4 Å². The molecule has 0 aliphatic carbocycles. The van der Waals surface area contributed by atoms with E-state index in [2.05, 4.69) is 43.8 Å². The van der Waals surface area contributed by atoms with Crippen LogP contribution in [0.4, 0.5) is 0 Å². The van der Waals surface area contributed by atoms with Gasteiger partial charge in [-0.1, -0.05) is 27.5 Å². The lowest BCUT2D eigenvalue weighted by Crippen LogP contribution is -2.23. The number of rotatable bonds is 3. The van der Waals surface area contributed by atoms with E-state index < -0.39 is 0 Å². The van der Waals surface area contributed by atoms with Crippen molar-refractivity contribution >= 4 is 67.4 Å². The van der Waals surface area contributed by atoms with Gasteiger partial charge in [-0.15, -0.1) is 11.3 Å². The van der Waals surface area contributed by atoms with Crippen LogP contribution in [0.5, 0.6) is 0 Å². The Morgan fingerprint density at radius 2 is 2.17 bits per heavy atom. The molecule has 0 fully saturated rings. The molecule has 0 aliphatic rings. The van der Waals surface area contributed by atoms with Crippen LogP contribution in [0.25, 0.3) is 0 Å². The molecule has 1 N–H and O–H groups in total. The molecular formula is C12H8BrClINOS. The van der Waals surface area contributed by atoms with E-state index in [4.69, 9.17) is 11.6 Å². The van der Waals surface area contributed by atoms with E-state index in [1.165, 1.54) is 11.3 Å². The molecule has 0 radical (unpaired) electrons. The van der Waals surface area contributed by atoms with Gasteiger partial charge in [0.25, 0.3) is 5.91 Å². The summed E-state index contributed by atoms with van der Waals surface area (Å²) in [6, 6.07) is 9.38. The number of carbonyl (C=O) groups excluding carboxylic acids is 1. The molecule has 6 heteroatoms. The summed E-state index contributed by atoms with van der Waals surface area (Å²) >= 11 is 12.8. The second-order valence-electron chi connectivity index (χ2n) is 3.51. The molecule has 1 aromatic heterocycles. The zero-order valence-electron chi connectivity index (χ0n) is 9.04. The molecule has 18 heavy (non-hydrogen) atoms. The van der Waals surface area contributed by atoms with Crippen LogP contribution < -0.4 is 5.32 Å². The molecule has 0 bridgehead atoms. The second-order valence-corrected chi connectivity index (χ2v) is 7.39. The molecule has 1 aromatic carbocycles. The summed E-state index contributed by atoms with van der Waals surface area (Å²) in [5, 5.41) is 2.88. The Morgan fingerprint density at radius 1 is 1.39 bits per heavy atom. The van der Waals surface area contributed by atoms with Crippen LogP contribution in [-0.2, 0) is 6.54 Å². The highest BCUT2D eigenvalue weighted by molar-refractivity contribution is 14.1. The number of benzene rings is 1. The molecule has 0 aliphatic heterocycles. The first-order chi connectivity index (χ1) is 8.56. The lowest BCUT2D eigenvalue weighted by molar-refractivity contribution is 0.0950. The zero-order valence-corrected chi connectivity index (χ0v) is 14.4. The third kappa shape index (κ3) is 3.69. The molecule has 2 aromatic rings.